The van der Waals surface area contributed by atoms with Gasteiger partial charge in [0.15, 0.2) is 0 Å². The van der Waals surface area contributed by atoms with Gasteiger partial charge in [0, 0.05) is 12.5 Å². The van der Waals surface area contributed by atoms with Crippen LogP contribution in [-0.4, -0.2) is 33.5 Å². The van der Waals surface area contributed by atoms with Crippen LogP contribution in [0.3, 0.4) is 0 Å². The van der Waals surface area contributed by atoms with Crippen LogP contribution in [0.5, 0.6) is 0 Å². The summed E-state index contributed by atoms with van der Waals surface area (Å²) >= 11 is 0. The van der Waals surface area contributed by atoms with Gasteiger partial charge in [0.2, 0.25) is 0 Å². The zero-order valence-corrected chi connectivity index (χ0v) is 13.8. The van der Waals surface area contributed by atoms with Gasteiger partial charge in [-0.05, 0) is 6.42 Å². The lowest BCUT2D eigenvalue weighted by molar-refractivity contribution is -0.131. The molecule has 0 aliphatic heterocycles. The van der Waals surface area contributed by atoms with Crippen molar-refractivity contribution in [1.82, 2.24) is 0 Å². The van der Waals surface area contributed by atoms with Crippen molar-refractivity contribution in [3.8, 4) is 0 Å². The number of aliphatic hydroxyl groups excluding tert-OH is 2. The van der Waals surface area contributed by atoms with Crippen LogP contribution >= 0.6 is 0 Å². The second-order valence-electron chi connectivity index (χ2n) is 5.80. The fourth-order valence-corrected chi connectivity index (χ4v) is 2.32. The first-order valence-corrected chi connectivity index (χ1v) is 8.50. The van der Waals surface area contributed by atoms with Crippen LogP contribution in [0, 0.1) is 0 Å². The minimum absolute atomic E-state index is 0.300. The first-order valence-electron chi connectivity index (χ1n) is 8.50. The van der Waals surface area contributed by atoms with Gasteiger partial charge in [-0.3, -0.25) is 0 Å². The molecular formula is C18H32O4. The Morgan fingerprint density at radius 1 is 0.955 bits per heavy atom. The number of aliphatic hydroxyl groups is 2. The SMILES string of the molecule is CCCCCCCCCCC(O)CC(O)C=CC=CC(=O)O. The summed E-state index contributed by atoms with van der Waals surface area (Å²) in [5.41, 5.74) is 0. The van der Waals surface area contributed by atoms with Crippen LogP contribution in [0.4, 0.5) is 0 Å². The number of rotatable bonds is 14. The Hall–Kier alpha value is -1.13. The van der Waals surface area contributed by atoms with Crippen LogP contribution in [-0.2, 0) is 4.79 Å². The van der Waals surface area contributed by atoms with Crippen LogP contribution in [0.25, 0.3) is 0 Å². The van der Waals surface area contributed by atoms with E-state index in [0.29, 0.717) is 12.8 Å². The summed E-state index contributed by atoms with van der Waals surface area (Å²) in [6, 6.07) is 0. The van der Waals surface area contributed by atoms with Crippen molar-refractivity contribution in [2.75, 3.05) is 0 Å². The van der Waals surface area contributed by atoms with Gasteiger partial charge in [-0.25, -0.2) is 4.79 Å². The Labute approximate surface area is 134 Å². The molecule has 0 saturated carbocycles. The molecule has 0 saturated heterocycles. The fraction of sp³-hybridized carbons (Fsp3) is 0.722. The van der Waals surface area contributed by atoms with Gasteiger partial charge in [0.05, 0.1) is 12.2 Å². The first kappa shape index (κ1) is 20.9. The average Bonchev–Trinajstić information content (AvgIpc) is 2.46. The second-order valence-corrected chi connectivity index (χ2v) is 5.80. The van der Waals surface area contributed by atoms with Gasteiger partial charge in [0.1, 0.15) is 0 Å². The molecule has 0 fully saturated rings. The molecule has 22 heavy (non-hydrogen) atoms. The Morgan fingerprint density at radius 2 is 1.55 bits per heavy atom. The Balaban J connectivity index is 3.55. The molecule has 4 heteroatoms. The molecular weight excluding hydrogens is 280 g/mol. The van der Waals surface area contributed by atoms with Gasteiger partial charge in [-0.15, -0.1) is 0 Å². The minimum atomic E-state index is -1.02. The summed E-state index contributed by atoms with van der Waals surface area (Å²) in [5.74, 6) is -1.02. The molecule has 0 radical (unpaired) electrons. The zero-order valence-electron chi connectivity index (χ0n) is 13.8. The van der Waals surface area contributed by atoms with Crippen LogP contribution in [0.1, 0.15) is 71.1 Å². The molecule has 0 rings (SSSR count). The van der Waals surface area contributed by atoms with E-state index in [0.717, 1.165) is 18.9 Å². The molecule has 0 aromatic heterocycles. The molecule has 4 nitrogen and oxygen atoms in total. The molecule has 3 N–H and O–H groups in total. The number of carboxylic acid groups (broad SMARTS) is 1. The minimum Gasteiger partial charge on any atom is -0.478 e. The first-order chi connectivity index (χ1) is 10.6. The maximum absolute atomic E-state index is 10.2. The van der Waals surface area contributed by atoms with E-state index in [-0.39, 0.29) is 0 Å². The van der Waals surface area contributed by atoms with Gasteiger partial charge < -0.3 is 15.3 Å². The summed E-state index contributed by atoms with van der Waals surface area (Å²) in [5, 5.41) is 27.9. The van der Waals surface area contributed by atoms with Crippen LogP contribution in [0.15, 0.2) is 24.3 Å². The molecule has 0 aliphatic carbocycles. The van der Waals surface area contributed by atoms with Crippen molar-refractivity contribution in [2.24, 2.45) is 0 Å². The number of carboxylic acids is 1. The Bertz CT molecular complexity index is 323. The largest absolute Gasteiger partial charge is 0.478 e. The topological polar surface area (TPSA) is 77.8 Å². The predicted octanol–water partition coefficient (Wildman–Crippen LogP) is 3.83. The van der Waals surface area contributed by atoms with Crippen molar-refractivity contribution in [3.05, 3.63) is 24.3 Å². The maximum Gasteiger partial charge on any atom is 0.328 e. The van der Waals surface area contributed by atoms with E-state index >= 15 is 0 Å². The second kappa shape index (κ2) is 14.8. The van der Waals surface area contributed by atoms with E-state index in [1.165, 1.54) is 56.8 Å². The predicted molar refractivity (Wildman–Crippen MR) is 89.8 cm³/mol. The highest BCUT2D eigenvalue weighted by Crippen LogP contribution is 2.12. The lowest BCUT2D eigenvalue weighted by Crippen LogP contribution is -2.15. The summed E-state index contributed by atoms with van der Waals surface area (Å²) in [6.07, 6.45) is 15.0. The average molecular weight is 312 g/mol. The molecule has 0 spiro atoms. The normalized spacial score (nSPS) is 14.7. The van der Waals surface area contributed by atoms with E-state index in [1.807, 2.05) is 0 Å². The van der Waals surface area contributed by atoms with Gasteiger partial charge >= 0.3 is 5.97 Å². The molecule has 2 unspecified atom stereocenters. The summed E-state index contributed by atoms with van der Waals surface area (Å²) in [6.45, 7) is 2.22. The van der Waals surface area contributed by atoms with Crippen LogP contribution < -0.4 is 0 Å². The standard InChI is InChI=1S/C18H32O4/c1-2-3-4-5-6-7-8-9-12-16(19)15-17(20)13-10-11-14-18(21)22/h10-11,13-14,16-17,19-20H,2-9,12,15H2,1H3,(H,21,22). The number of allylic oxidation sites excluding steroid dienone is 2. The molecule has 0 aliphatic rings. The lowest BCUT2D eigenvalue weighted by atomic mass is 10.0. The summed E-state index contributed by atoms with van der Waals surface area (Å²) in [7, 11) is 0. The fourth-order valence-electron chi connectivity index (χ4n) is 2.32. The Morgan fingerprint density at radius 3 is 2.14 bits per heavy atom. The highest BCUT2D eigenvalue weighted by atomic mass is 16.4. The number of hydrogen-bond acceptors (Lipinski definition) is 3. The molecule has 0 aromatic rings. The third-order valence-electron chi connectivity index (χ3n) is 3.59. The van der Waals surface area contributed by atoms with Crippen molar-refractivity contribution in [2.45, 2.75) is 83.3 Å². The van der Waals surface area contributed by atoms with E-state index < -0.39 is 18.2 Å². The number of unbranched alkanes of at least 4 members (excludes halogenated alkanes) is 7. The van der Waals surface area contributed by atoms with E-state index in [4.69, 9.17) is 5.11 Å². The van der Waals surface area contributed by atoms with Gasteiger partial charge in [-0.1, -0.05) is 76.5 Å². The Kier molecular flexibility index (Phi) is 14.0. The van der Waals surface area contributed by atoms with Gasteiger partial charge in [0.25, 0.3) is 0 Å². The zero-order chi connectivity index (χ0) is 16.6. The molecule has 0 aromatic carbocycles. The number of aliphatic carboxylic acids is 1. The molecule has 2 atom stereocenters. The van der Waals surface area contributed by atoms with Crippen molar-refractivity contribution < 1.29 is 20.1 Å². The molecule has 0 amide bonds. The molecule has 0 bridgehead atoms. The van der Waals surface area contributed by atoms with E-state index in [1.54, 1.807) is 0 Å². The number of hydrogen-bond donors (Lipinski definition) is 3. The van der Waals surface area contributed by atoms with Crippen molar-refractivity contribution >= 4 is 5.97 Å². The summed E-state index contributed by atoms with van der Waals surface area (Å²) < 4.78 is 0. The lowest BCUT2D eigenvalue weighted by Gasteiger charge is -2.12. The smallest absolute Gasteiger partial charge is 0.328 e. The maximum atomic E-state index is 10.2. The quantitative estimate of drug-likeness (QED) is 0.259. The van der Waals surface area contributed by atoms with Gasteiger partial charge in [-0.2, -0.15) is 0 Å². The van der Waals surface area contributed by atoms with Crippen molar-refractivity contribution in [3.63, 3.8) is 0 Å². The van der Waals surface area contributed by atoms with E-state index in [9.17, 15) is 15.0 Å². The van der Waals surface area contributed by atoms with E-state index in [2.05, 4.69) is 6.92 Å². The monoisotopic (exact) mass is 312 g/mol. The van der Waals surface area contributed by atoms with Crippen molar-refractivity contribution in [1.29, 1.82) is 0 Å². The third-order valence-corrected chi connectivity index (χ3v) is 3.59. The van der Waals surface area contributed by atoms with Crippen LogP contribution in [0.2, 0.25) is 0 Å². The molecule has 0 heterocycles. The molecule has 128 valence electrons. The summed E-state index contributed by atoms with van der Waals surface area (Å²) in [4.78, 5) is 10.2. The number of carbonyl (C=O) groups is 1. The highest BCUT2D eigenvalue weighted by molar-refractivity contribution is 5.80. The highest BCUT2D eigenvalue weighted by Gasteiger charge is 2.08. The third kappa shape index (κ3) is 15.3.